The highest BCUT2D eigenvalue weighted by Gasteiger charge is 2.21. The average molecular weight is 419 g/mol. The number of hydrogen-bond donors (Lipinski definition) is 2. The average Bonchev–Trinajstić information content (AvgIpc) is 3.32. The molecule has 0 radical (unpaired) electrons. The molecule has 2 N–H and O–H groups in total. The number of Topliss-reactive ketones (excluding diaryl/α,β-unsaturated/α-hetero) is 1. The number of ether oxygens (including phenoxy) is 1. The van der Waals surface area contributed by atoms with Gasteiger partial charge in [0.25, 0.3) is 0 Å². The topological polar surface area (TPSA) is 97.7 Å². The van der Waals surface area contributed by atoms with Crippen molar-refractivity contribution in [1.82, 2.24) is 25.0 Å². The Morgan fingerprint density at radius 3 is 2.74 bits per heavy atom. The molecule has 0 unspecified atom stereocenters. The summed E-state index contributed by atoms with van der Waals surface area (Å²) in [5.41, 5.74) is 3.11. The van der Waals surface area contributed by atoms with Gasteiger partial charge in [-0.2, -0.15) is 10.1 Å². The fourth-order valence-electron chi connectivity index (χ4n) is 3.40. The molecule has 0 aliphatic carbocycles. The second-order valence-corrected chi connectivity index (χ2v) is 8.76. The highest BCUT2D eigenvalue weighted by Crippen LogP contribution is 2.30. The van der Waals surface area contributed by atoms with E-state index >= 15 is 0 Å². The number of H-pyrrole nitrogens is 1. The minimum absolute atomic E-state index is 0.0573. The van der Waals surface area contributed by atoms with Gasteiger partial charge in [-0.3, -0.25) is 9.89 Å². The number of aromatic nitrogens is 5. The summed E-state index contributed by atoms with van der Waals surface area (Å²) in [5, 5.41) is 15.8. The molecule has 0 saturated carbocycles. The van der Waals surface area contributed by atoms with Gasteiger partial charge in [-0.05, 0) is 35.7 Å². The summed E-state index contributed by atoms with van der Waals surface area (Å²) in [4.78, 5) is 17.3. The fourth-order valence-corrected chi connectivity index (χ4v) is 3.40. The van der Waals surface area contributed by atoms with E-state index in [-0.39, 0.29) is 11.2 Å². The lowest BCUT2D eigenvalue weighted by molar-refractivity contribution is 0.0937. The zero-order valence-corrected chi connectivity index (χ0v) is 18.4. The second kappa shape index (κ2) is 7.86. The van der Waals surface area contributed by atoms with Gasteiger partial charge in [0.2, 0.25) is 5.95 Å². The second-order valence-electron chi connectivity index (χ2n) is 8.76. The molecule has 0 aliphatic heterocycles. The molecule has 8 nitrogen and oxygen atoms in total. The number of hydrogen-bond acceptors (Lipinski definition) is 6. The molecule has 0 atom stereocenters. The number of carbonyl (C=O) groups excluding carboxylic acids is 1. The maximum Gasteiger partial charge on any atom is 0.225 e. The lowest BCUT2D eigenvalue weighted by Gasteiger charge is -2.18. The first-order chi connectivity index (χ1) is 14.7. The molecular formula is C23H26N6O2. The molecule has 0 bridgehead atoms. The Morgan fingerprint density at radius 2 is 2.00 bits per heavy atom. The zero-order valence-electron chi connectivity index (χ0n) is 18.4. The monoisotopic (exact) mass is 418 g/mol. The van der Waals surface area contributed by atoms with Crippen molar-refractivity contribution in [3.05, 3.63) is 48.2 Å². The van der Waals surface area contributed by atoms with E-state index in [2.05, 4.69) is 25.6 Å². The smallest absolute Gasteiger partial charge is 0.225 e. The molecule has 2 aromatic heterocycles. The minimum Gasteiger partial charge on any atom is -0.496 e. The van der Waals surface area contributed by atoms with E-state index in [1.165, 1.54) is 0 Å². The Labute approximate surface area is 180 Å². The van der Waals surface area contributed by atoms with Crippen LogP contribution in [0.25, 0.3) is 22.3 Å². The molecule has 8 heteroatoms. The van der Waals surface area contributed by atoms with E-state index in [0.717, 1.165) is 22.2 Å². The van der Waals surface area contributed by atoms with Crippen molar-refractivity contribution in [3.63, 3.8) is 0 Å². The van der Waals surface area contributed by atoms with Crippen LogP contribution in [0.3, 0.4) is 0 Å². The number of methoxy groups -OCH3 is 1. The fraction of sp³-hybridized carbons (Fsp3) is 0.304. The molecule has 0 spiro atoms. The summed E-state index contributed by atoms with van der Waals surface area (Å²) in [6, 6.07) is 11.4. The Bertz CT molecular complexity index is 1250. The van der Waals surface area contributed by atoms with Crippen molar-refractivity contribution in [1.29, 1.82) is 0 Å². The summed E-state index contributed by atoms with van der Waals surface area (Å²) in [5.74, 6) is 1.73. The molecule has 0 saturated heterocycles. The van der Waals surface area contributed by atoms with E-state index in [1.807, 2.05) is 58.2 Å². The molecule has 0 aliphatic rings. The lowest BCUT2D eigenvalue weighted by Crippen LogP contribution is -2.13. The van der Waals surface area contributed by atoms with Gasteiger partial charge >= 0.3 is 0 Å². The molecule has 31 heavy (non-hydrogen) atoms. The molecule has 160 valence electrons. The summed E-state index contributed by atoms with van der Waals surface area (Å²) < 4.78 is 7.18. The van der Waals surface area contributed by atoms with Crippen molar-refractivity contribution in [3.8, 4) is 17.1 Å². The molecular weight excluding hydrogens is 392 g/mol. The predicted molar refractivity (Wildman–Crippen MR) is 121 cm³/mol. The van der Waals surface area contributed by atoms with Gasteiger partial charge in [0.05, 0.1) is 24.4 Å². The molecule has 0 fully saturated rings. The van der Waals surface area contributed by atoms with Crippen LogP contribution in [-0.2, 0) is 7.05 Å². The Balaban J connectivity index is 1.60. The van der Waals surface area contributed by atoms with E-state index in [9.17, 15) is 4.79 Å². The number of aryl methyl sites for hydroxylation is 1. The van der Waals surface area contributed by atoms with Gasteiger partial charge in [0, 0.05) is 30.1 Å². The van der Waals surface area contributed by atoms with Crippen LogP contribution in [0.2, 0.25) is 0 Å². The first-order valence-corrected chi connectivity index (χ1v) is 10.1. The van der Waals surface area contributed by atoms with Crippen LogP contribution in [0, 0.1) is 5.41 Å². The van der Waals surface area contributed by atoms with Gasteiger partial charge < -0.3 is 10.1 Å². The minimum atomic E-state index is -0.0939. The number of aromatic amines is 1. The van der Waals surface area contributed by atoms with Crippen LogP contribution in [-0.4, -0.2) is 37.9 Å². The molecule has 2 aromatic carbocycles. The Morgan fingerprint density at radius 1 is 1.19 bits per heavy atom. The number of rotatable bonds is 6. The van der Waals surface area contributed by atoms with Crippen LogP contribution in [0.5, 0.6) is 5.75 Å². The number of nitrogens with zero attached hydrogens (tertiary/aromatic N) is 4. The molecule has 2 heterocycles. The predicted octanol–water partition coefficient (Wildman–Crippen LogP) is 4.73. The summed E-state index contributed by atoms with van der Waals surface area (Å²) in [6.07, 6.45) is 2.22. The Kier molecular flexibility index (Phi) is 5.22. The first-order valence-electron chi connectivity index (χ1n) is 10.1. The van der Waals surface area contributed by atoms with E-state index in [0.29, 0.717) is 29.5 Å². The van der Waals surface area contributed by atoms with E-state index in [4.69, 9.17) is 4.74 Å². The van der Waals surface area contributed by atoms with Gasteiger partial charge in [0.1, 0.15) is 5.75 Å². The highest BCUT2D eigenvalue weighted by molar-refractivity contribution is 5.99. The van der Waals surface area contributed by atoms with Crippen molar-refractivity contribution in [2.75, 3.05) is 12.4 Å². The van der Waals surface area contributed by atoms with Gasteiger partial charge in [-0.15, -0.1) is 5.10 Å². The van der Waals surface area contributed by atoms with Crippen LogP contribution < -0.4 is 10.1 Å². The van der Waals surface area contributed by atoms with Crippen LogP contribution in [0.1, 0.15) is 37.6 Å². The number of benzene rings is 2. The van der Waals surface area contributed by atoms with Gasteiger partial charge in [0.15, 0.2) is 11.6 Å². The third-order valence-corrected chi connectivity index (χ3v) is 4.91. The molecule has 4 aromatic rings. The van der Waals surface area contributed by atoms with Crippen molar-refractivity contribution in [2.24, 2.45) is 12.5 Å². The van der Waals surface area contributed by atoms with Crippen molar-refractivity contribution in [2.45, 2.75) is 27.2 Å². The zero-order chi connectivity index (χ0) is 22.2. The third kappa shape index (κ3) is 4.42. The third-order valence-electron chi connectivity index (χ3n) is 4.91. The van der Waals surface area contributed by atoms with Crippen molar-refractivity contribution >= 4 is 28.3 Å². The number of nitrogens with one attached hydrogen (secondary N) is 2. The molecule has 0 amide bonds. The molecule has 4 rings (SSSR count). The summed E-state index contributed by atoms with van der Waals surface area (Å²) in [6.45, 7) is 6.13. The normalized spacial score (nSPS) is 11.6. The number of ketones is 1. The van der Waals surface area contributed by atoms with Crippen LogP contribution >= 0.6 is 0 Å². The van der Waals surface area contributed by atoms with Gasteiger partial charge in [-0.1, -0.05) is 26.8 Å². The number of carbonyl (C=O) groups is 1. The van der Waals surface area contributed by atoms with Crippen LogP contribution in [0.15, 0.2) is 42.6 Å². The maximum atomic E-state index is 12.7. The SMILES string of the molecule is COc1cc(-c2nc(Nc3ccc4[nH]ncc4c3)n(C)n2)ccc1C(=O)CC(C)(C)C. The summed E-state index contributed by atoms with van der Waals surface area (Å²) in [7, 11) is 3.39. The first kappa shape index (κ1) is 20.6. The quantitative estimate of drug-likeness (QED) is 0.439. The number of anilines is 2. The van der Waals surface area contributed by atoms with Gasteiger partial charge in [-0.25, -0.2) is 4.68 Å². The lowest BCUT2D eigenvalue weighted by atomic mass is 9.87. The maximum absolute atomic E-state index is 12.7. The summed E-state index contributed by atoms with van der Waals surface area (Å²) >= 11 is 0. The highest BCUT2D eigenvalue weighted by atomic mass is 16.5. The standard InChI is InChI=1S/C23H26N6O2/c1-23(2,3)12-19(30)17-8-6-14(11-20(17)31-5)21-26-22(29(4)28-21)25-16-7-9-18-15(10-16)13-24-27-18/h6-11,13H,12H2,1-5H3,(H,24,27)(H,25,26,28). The Hall–Kier alpha value is -3.68. The van der Waals surface area contributed by atoms with E-state index < -0.39 is 0 Å². The number of fused-ring (bicyclic) bond motifs is 1. The van der Waals surface area contributed by atoms with Crippen molar-refractivity contribution < 1.29 is 9.53 Å². The largest absolute Gasteiger partial charge is 0.496 e. The van der Waals surface area contributed by atoms with E-state index in [1.54, 1.807) is 24.1 Å². The van der Waals surface area contributed by atoms with Crippen LogP contribution in [0.4, 0.5) is 11.6 Å².